The second-order valence-electron chi connectivity index (χ2n) is 8.67. The first-order chi connectivity index (χ1) is 14.3. The molecular formula is C28H21N. The molecule has 0 radical (unpaired) electrons. The molecule has 0 atom stereocenters. The van der Waals surface area contributed by atoms with E-state index in [1.807, 2.05) is 0 Å². The number of anilines is 3. The first kappa shape index (κ1) is 15.6. The highest BCUT2D eigenvalue weighted by atomic mass is 15.2. The molecule has 0 saturated carbocycles. The van der Waals surface area contributed by atoms with E-state index in [0.29, 0.717) is 0 Å². The lowest BCUT2D eigenvalue weighted by atomic mass is 9.79. The molecule has 0 spiro atoms. The second-order valence-corrected chi connectivity index (χ2v) is 8.67. The van der Waals surface area contributed by atoms with Crippen LogP contribution in [0.4, 0.5) is 17.1 Å². The molecule has 1 heteroatoms. The van der Waals surface area contributed by atoms with Gasteiger partial charge < -0.3 is 4.90 Å². The molecule has 138 valence electrons. The van der Waals surface area contributed by atoms with Crippen molar-refractivity contribution < 1.29 is 0 Å². The number of nitrogens with zero attached hydrogens (tertiary/aromatic N) is 1. The molecule has 0 unspecified atom stereocenters. The molecule has 0 amide bonds. The van der Waals surface area contributed by atoms with Crippen LogP contribution in [0.2, 0.25) is 0 Å². The molecule has 0 aromatic heterocycles. The number of hydrogen-bond acceptors (Lipinski definition) is 1. The summed E-state index contributed by atoms with van der Waals surface area (Å²) in [6.07, 6.45) is 3.10. The summed E-state index contributed by atoms with van der Waals surface area (Å²) in [6, 6.07) is 27.4. The van der Waals surface area contributed by atoms with Crippen LogP contribution in [0, 0.1) is 6.92 Å². The van der Waals surface area contributed by atoms with Crippen molar-refractivity contribution in [3.63, 3.8) is 0 Å². The SMILES string of the molecule is Cc1ccccc1-c1cc2c3c(c1)Cc1cccc4c1N3c1c(cccc1C2)C4. The zero-order valence-corrected chi connectivity index (χ0v) is 16.5. The first-order valence-electron chi connectivity index (χ1n) is 10.5. The number of hydrogen-bond donors (Lipinski definition) is 0. The summed E-state index contributed by atoms with van der Waals surface area (Å²) in [7, 11) is 0. The van der Waals surface area contributed by atoms with Gasteiger partial charge in [0.1, 0.15) is 0 Å². The van der Waals surface area contributed by atoms with Gasteiger partial charge in [-0.25, -0.2) is 0 Å². The van der Waals surface area contributed by atoms with Crippen LogP contribution in [0.1, 0.15) is 38.9 Å². The standard InChI is InChI=1S/C28H21N/c1-17-6-2-3-11-25(17)22-15-23-13-20-9-4-7-18-12-19-8-5-10-21-14-24(16-22)28(23)29(26(18)20)27(19)21/h2-11,15-16H,12-14H2,1H3. The van der Waals surface area contributed by atoms with Crippen molar-refractivity contribution in [1.82, 2.24) is 0 Å². The Balaban J connectivity index is 1.55. The van der Waals surface area contributed by atoms with Gasteiger partial charge in [0.05, 0.1) is 17.1 Å². The van der Waals surface area contributed by atoms with Gasteiger partial charge in [0.15, 0.2) is 0 Å². The van der Waals surface area contributed by atoms with Crippen LogP contribution < -0.4 is 4.90 Å². The van der Waals surface area contributed by atoms with E-state index in [-0.39, 0.29) is 0 Å². The van der Waals surface area contributed by atoms with Crippen LogP contribution in [-0.4, -0.2) is 0 Å². The molecule has 7 rings (SSSR count). The van der Waals surface area contributed by atoms with Crippen LogP contribution in [-0.2, 0) is 19.3 Å². The highest BCUT2D eigenvalue weighted by molar-refractivity contribution is 5.95. The van der Waals surface area contributed by atoms with E-state index in [4.69, 9.17) is 0 Å². The highest BCUT2D eigenvalue weighted by Gasteiger charge is 2.37. The first-order valence-corrected chi connectivity index (χ1v) is 10.5. The Morgan fingerprint density at radius 3 is 1.59 bits per heavy atom. The van der Waals surface area contributed by atoms with E-state index < -0.39 is 0 Å². The molecule has 29 heavy (non-hydrogen) atoms. The molecule has 3 aliphatic heterocycles. The second kappa shape index (κ2) is 5.39. The lowest BCUT2D eigenvalue weighted by Crippen LogP contribution is -2.29. The van der Waals surface area contributed by atoms with Crippen LogP contribution in [0.25, 0.3) is 11.1 Å². The van der Waals surface area contributed by atoms with E-state index in [2.05, 4.69) is 84.6 Å². The van der Waals surface area contributed by atoms with Crippen molar-refractivity contribution in [2.45, 2.75) is 26.2 Å². The Morgan fingerprint density at radius 2 is 1.03 bits per heavy atom. The zero-order chi connectivity index (χ0) is 19.1. The van der Waals surface area contributed by atoms with Gasteiger partial charge in [-0.1, -0.05) is 60.7 Å². The average molecular weight is 371 g/mol. The third kappa shape index (κ3) is 2.00. The summed E-state index contributed by atoms with van der Waals surface area (Å²) in [4.78, 5) is 2.60. The van der Waals surface area contributed by atoms with Crippen LogP contribution in [0.15, 0.2) is 72.8 Å². The van der Waals surface area contributed by atoms with E-state index in [1.165, 1.54) is 67.1 Å². The van der Waals surface area contributed by atoms with Gasteiger partial charge in [-0.3, -0.25) is 0 Å². The quantitative estimate of drug-likeness (QED) is 0.305. The van der Waals surface area contributed by atoms with Gasteiger partial charge in [0.25, 0.3) is 0 Å². The molecule has 0 aliphatic carbocycles. The minimum atomic E-state index is 1.03. The van der Waals surface area contributed by atoms with E-state index in [1.54, 1.807) is 0 Å². The number of aryl methyl sites for hydroxylation is 1. The third-order valence-corrected chi connectivity index (χ3v) is 6.94. The molecule has 4 aromatic carbocycles. The maximum Gasteiger partial charge on any atom is 0.0533 e. The molecule has 1 nitrogen and oxygen atoms in total. The predicted molar refractivity (Wildman–Crippen MR) is 120 cm³/mol. The van der Waals surface area contributed by atoms with Crippen LogP contribution in [0.5, 0.6) is 0 Å². The average Bonchev–Trinajstić information content (AvgIpc) is 2.74. The van der Waals surface area contributed by atoms with Gasteiger partial charge in [-0.2, -0.15) is 0 Å². The molecule has 0 fully saturated rings. The monoisotopic (exact) mass is 371 g/mol. The molecule has 0 bridgehead atoms. The number of benzene rings is 4. The summed E-state index contributed by atoms with van der Waals surface area (Å²) in [5.41, 5.74) is 17.2. The lowest BCUT2D eigenvalue weighted by Gasteiger charge is -2.44. The van der Waals surface area contributed by atoms with Gasteiger partial charge in [-0.05, 0) is 69.1 Å². The normalized spacial score (nSPS) is 14.6. The van der Waals surface area contributed by atoms with Gasteiger partial charge in [-0.15, -0.1) is 0 Å². The maximum absolute atomic E-state index is 2.60. The number of para-hydroxylation sites is 2. The van der Waals surface area contributed by atoms with Gasteiger partial charge in [0.2, 0.25) is 0 Å². The van der Waals surface area contributed by atoms with Crippen LogP contribution in [0.3, 0.4) is 0 Å². The maximum atomic E-state index is 2.60. The van der Waals surface area contributed by atoms with E-state index >= 15 is 0 Å². The molecule has 3 heterocycles. The Bertz CT molecular complexity index is 1270. The third-order valence-electron chi connectivity index (χ3n) is 6.94. The van der Waals surface area contributed by atoms with Crippen molar-refractivity contribution >= 4 is 17.1 Å². The fraction of sp³-hybridized carbons (Fsp3) is 0.143. The molecule has 4 aromatic rings. The van der Waals surface area contributed by atoms with Crippen LogP contribution >= 0.6 is 0 Å². The topological polar surface area (TPSA) is 3.24 Å². The smallest absolute Gasteiger partial charge is 0.0533 e. The summed E-state index contributed by atoms with van der Waals surface area (Å²) >= 11 is 0. The van der Waals surface area contributed by atoms with Crippen molar-refractivity contribution in [1.29, 1.82) is 0 Å². The summed E-state index contributed by atoms with van der Waals surface area (Å²) in [5.74, 6) is 0. The molecule has 3 aliphatic rings. The molecule has 0 saturated heterocycles. The van der Waals surface area contributed by atoms with Crippen molar-refractivity contribution in [3.8, 4) is 11.1 Å². The van der Waals surface area contributed by atoms with Crippen molar-refractivity contribution in [2.24, 2.45) is 0 Å². The Kier molecular flexibility index (Phi) is 2.90. The summed E-state index contributed by atoms with van der Waals surface area (Å²) in [6.45, 7) is 2.22. The van der Waals surface area contributed by atoms with Gasteiger partial charge in [0, 0.05) is 19.3 Å². The Labute approximate surface area is 171 Å². The van der Waals surface area contributed by atoms with E-state index in [0.717, 1.165) is 19.3 Å². The molecular weight excluding hydrogens is 350 g/mol. The van der Waals surface area contributed by atoms with Crippen molar-refractivity contribution in [3.05, 3.63) is 112 Å². The lowest BCUT2D eigenvalue weighted by molar-refractivity contribution is 0.957. The van der Waals surface area contributed by atoms with E-state index in [9.17, 15) is 0 Å². The zero-order valence-electron chi connectivity index (χ0n) is 16.5. The minimum absolute atomic E-state index is 1.03. The Morgan fingerprint density at radius 1 is 0.552 bits per heavy atom. The highest BCUT2D eigenvalue weighted by Crippen LogP contribution is 2.56. The predicted octanol–water partition coefficient (Wildman–Crippen LogP) is 6.84. The fourth-order valence-corrected chi connectivity index (χ4v) is 5.75. The number of rotatable bonds is 1. The molecule has 0 N–H and O–H groups in total. The fourth-order valence-electron chi connectivity index (χ4n) is 5.75. The summed E-state index contributed by atoms with van der Waals surface area (Å²) < 4.78 is 0. The minimum Gasteiger partial charge on any atom is -0.309 e. The Hall–Kier alpha value is -3.32. The van der Waals surface area contributed by atoms with Crippen molar-refractivity contribution in [2.75, 3.05) is 4.90 Å². The largest absolute Gasteiger partial charge is 0.309 e. The van der Waals surface area contributed by atoms with Gasteiger partial charge >= 0.3 is 0 Å². The summed E-state index contributed by atoms with van der Waals surface area (Å²) in [5, 5.41) is 0.